The van der Waals surface area contributed by atoms with Gasteiger partial charge in [0, 0.05) is 29.1 Å². The van der Waals surface area contributed by atoms with E-state index >= 15 is 0 Å². The van der Waals surface area contributed by atoms with Crippen LogP contribution in [0.2, 0.25) is 5.02 Å². The van der Waals surface area contributed by atoms with Gasteiger partial charge in [-0.1, -0.05) is 17.7 Å². The van der Waals surface area contributed by atoms with Crippen molar-refractivity contribution < 1.29 is 17.6 Å². The Balaban J connectivity index is 1.62. The van der Waals surface area contributed by atoms with E-state index in [1.54, 1.807) is 37.4 Å². The number of oxazole rings is 1. The van der Waals surface area contributed by atoms with Crippen molar-refractivity contribution in [2.75, 3.05) is 12.4 Å². The molecule has 1 aromatic heterocycles. The summed E-state index contributed by atoms with van der Waals surface area (Å²) in [6, 6.07) is 11.9. The third-order valence-corrected chi connectivity index (χ3v) is 6.09. The molecule has 2 N–H and O–H groups in total. The standard InChI is InChI=1S/C20H20ClN3O4S/c1-13-3-8-16(11-18(13)29(26,27)22-2)24-19(25)9-10-20-23-12-17(28-20)14-4-6-15(21)7-5-14/h3-8,11-12,22H,9-10H2,1-2H3,(H,24,25). The normalized spacial score (nSPS) is 11.4. The number of hydrogen-bond donors (Lipinski definition) is 2. The molecule has 2 aromatic carbocycles. The molecule has 0 atom stereocenters. The van der Waals surface area contributed by atoms with Crippen molar-refractivity contribution in [2.24, 2.45) is 0 Å². The average Bonchev–Trinajstić information content (AvgIpc) is 3.17. The first-order valence-electron chi connectivity index (χ1n) is 8.83. The Morgan fingerprint density at radius 2 is 1.90 bits per heavy atom. The Bertz CT molecular complexity index is 1120. The molecule has 0 radical (unpaired) electrons. The van der Waals surface area contributed by atoms with E-state index in [0.717, 1.165) is 5.56 Å². The molecule has 0 saturated carbocycles. The van der Waals surface area contributed by atoms with Gasteiger partial charge in [0.2, 0.25) is 15.9 Å². The van der Waals surface area contributed by atoms with Crippen LogP contribution in [-0.4, -0.2) is 26.4 Å². The largest absolute Gasteiger partial charge is 0.441 e. The maximum atomic E-state index is 12.3. The lowest BCUT2D eigenvalue weighted by Gasteiger charge is -2.10. The number of carbonyl (C=O) groups excluding carboxylic acids is 1. The minimum Gasteiger partial charge on any atom is -0.441 e. The third kappa shape index (κ3) is 5.23. The Morgan fingerprint density at radius 1 is 1.17 bits per heavy atom. The fourth-order valence-corrected chi connectivity index (χ4v) is 3.81. The van der Waals surface area contributed by atoms with Crippen LogP contribution >= 0.6 is 11.6 Å². The second-order valence-electron chi connectivity index (χ2n) is 6.36. The summed E-state index contributed by atoms with van der Waals surface area (Å²) in [5.74, 6) is 0.762. The zero-order valence-corrected chi connectivity index (χ0v) is 17.5. The van der Waals surface area contributed by atoms with Gasteiger partial charge in [-0.3, -0.25) is 4.79 Å². The molecule has 0 spiro atoms. The number of aryl methyl sites for hydroxylation is 2. The van der Waals surface area contributed by atoms with Crippen molar-refractivity contribution in [2.45, 2.75) is 24.7 Å². The van der Waals surface area contributed by atoms with E-state index in [4.69, 9.17) is 16.0 Å². The van der Waals surface area contributed by atoms with Gasteiger partial charge in [-0.05, 0) is 55.9 Å². The number of nitrogens with zero attached hydrogens (tertiary/aromatic N) is 1. The Labute approximate surface area is 174 Å². The first kappa shape index (κ1) is 21.0. The van der Waals surface area contributed by atoms with Gasteiger partial charge in [-0.2, -0.15) is 0 Å². The van der Waals surface area contributed by atoms with Gasteiger partial charge in [-0.15, -0.1) is 0 Å². The number of hydrogen-bond acceptors (Lipinski definition) is 5. The summed E-state index contributed by atoms with van der Waals surface area (Å²) in [6.45, 7) is 1.69. The highest BCUT2D eigenvalue weighted by molar-refractivity contribution is 7.89. The molecule has 7 nitrogen and oxygen atoms in total. The predicted octanol–water partition coefficient (Wildman–Crippen LogP) is 3.78. The Hall–Kier alpha value is -2.68. The minimum absolute atomic E-state index is 0.123. The highest BCUT2D eigenvalue weighted by Gasteiger charge is 2.16. The van der Waals surface area contributed by atoms with Crippen LogP contribution in [0.5, 0.6) is 0 Å². The Kier molecular flexibility index (Phi) is 6.36. The summed E-state index contributed by atoms with van der Waals surface area (Å²) in [4.78, 5) is 16.6. The molecule has 3 rings (SSSR count). The van der Waals surface area contributed by atoms with Crippen LogP contribution < -0.4 is 10.0 Å². The lowest BCUT2D eigenvalue weighted by molar-refractivity contribution is -0.116. The van der Waals surface area contributed by atoms with Gasteiger partial charge < -0.3 is 9.73 Å². The van der Waals surface area contributed by atoms with E-state index < -0.39 is 10.0 Å². The number of carbonyl (C=O) groups is 1. The fraction of sp³-hybridized carbons (Fsp3) is 0.200. The van der Waals surface area contributed by atoms with Crippen LogP contribution in [0.3, 0.4) is 0 Å². The molecule has 1 amide bonds. The van der Waals surface area contributed by atoms with Gasteiger partial charge in [0.15, 0.2) is 11.7 Å². The van der Waals surface area contributed by atoms with Crippen LogP contribution in [0, 0.1) is 6.92 Å². The average molecular weight is 434 g/mol. The van der Waals surface area contributed by atoms with Crippen LogP contribution in [0.15, 0.2) is 58.0 Å². The van der Waals surface area contributed by atoms with E-state index in [0.29, 0.717) is 34.3 Å². The van der Waals surface area contributed by atoms with E-state index in [9.17, 15) is 13.2 Å². The number of rotatable bonds is 7. The molecular weight excluding hydrogens is 414 g/mol. The van der Waals surface area contributed by atoms with Crippen molar-refractivity contribution >= 4 is 33.2 Å². The number of aromatic nitrogens is 1. The van der Waals surface area contributed by atoms with Gasteiger partial charge in [-0.25, -0.2) is 18.1 Å². The molecule has 0 unspecified atom stereocenters. The maximum Gasteiger partial charge on any atom is 0.240 e. The number of anilines is 1. The molecule has 9 heteroatoms. The second-order valence-corrected chi connectivity index (χ2v) is 8.65. The number of sulfonamides is 1. The van der Waals surface area contributed by atoms with Crippen LogP contribution in [0.4, 0.5) is 5.69 Å². The van der Waals surface area contributed by atoms with Gasteiger partial charge in [0.25, 0.3) is 0 Å². The predicted molar refractivity (Wildman–Crippen MR) is 111 cm³/mol. The van der Waals surface area contributed by atoms with E-state index in [1.807, 2.05) is 12.1 Å². The Morgan fingerprint density at radius 3 is 2.59 bits per heavy atom. The zero-order valence-electron chi connectivity index (χ0n) is 15.9. The smallest absolute Gasteiger partial charge is 0.240 e. The zero-order chi connectivity index (χ0) is 21.0. The van der Waals surface area contributed by atoms with Gasteiger partial charge >= 0.3 is 0 Å². The molecule has 152 valence electrons. The highest BCUT2D eigenvalue weighted by atomic mass is 35.5. The molecule has 1 heterocycles. The van der Waals surface area contributed by atoms with E-state index in [-0.39, 0.29) is 17.2 Å². The van der Waals surface area contributed by atoms with E-state index in [2.05, 4.69) is 15.0 Å². The van der Waals surface area contributed by atoms with Crippen molar-refractivity contribution in [3.05, 3.63) is 65.1 Å². The SMILES string of the molecule is CNS(=O)(=O)c1cc(NC(=O)CCc2ncc(-c3ccc(Cl)cc3)o2)ccc1C. The molecule has 0 bridgehead atoms. The fourth-order valence-electron chi connectivity index (χ4n) is 2.69. The molecule has 3 aromatic rings. The molecule has 0 aliphatic rings. The van der Waals surface area contributed by atoms with Crippen molar-refractivity contribution in [1.82, 2.24) is 9.71 Å². The van der Waals surface area contributed by atoms with Crippen molar-refractivity contribution in [1.29, 1.82) is 0 Å². The second kappa shape index (κ2) is 8.77. The van der Waals surface area contributed by atoms with E-state index in [1.165, 1.54) is 13.1 Å². The first-order chi connectivity index (χ1) is 13.8. The summed E-state index contributed by atoms with van der Waals surface area (Å²) in [6.07, 6.45) is 2.06. The topological polar surface area (TPSA) is 101 Å². The number of nitrogens with one attached hydrogen (secondary N) is 2. The molecule has 0 aliphatic heterocycles. The quantitative estimate of drug-likeness (QED) is 0.590. The minimum atomic E-state index is -3.60. The first-order valence-corrected chi connectivity index (χ1v) is 10.7. The molecule has 29 heavy (non-hydrogen) atoms. The summed E-state index contributed by atoms with van der Waals surface area (Å²) in [5, 5.41) is 3.34. The third-order valence-electron chi connectivity index (χ3n) is 4.28. The molecule has 0 fully saturated rings. The van der Waals surface area contributed by atoms with Crippen LogP contribution in [-0.2, 0) is 21.2 Å². The van der Waals surface area contributed by atoms with Gasteiger partial charge in [0.1, 0.15) is 0 Å². The number of amides is 1. The summed E-state index contributed by atoms with van der Waals surface area (Å²) < 4.78 is 32.1. The highest BCUT2D eigenvalue weighted by Crippen LogP contribution is 2.23. The maximum absolute atomic E-state index is 12.3. The molecular formula is C20H20ClN3O4S. The van der Waals surface area contributed by atoms with Crippen LogP contribution in [0.1, 0.15) is 17.9 Å². The summed E-state index contributed by atoms with van der Waals surface area (Å²) in [5.41, 5.74) is 1.84. The lowest BCUT2D eigenvalue weighted by atomic mass is 10.2. The van der Waals surface area contributed by atoms with Crippen molar-refractivity contribution in [3.63, 3.8) is 0 Å². The number of benzene rings is 2. The number of halogens is 1. The van der Waals surface area contributed by atoms with Gasteiger partial charge in [0.05, 0.1) is 11.1 Å². The lowest BCUT2D eigenvalue weighted by Crippen LogP contribution is -2.20. The van der Waals surface area contributed by atoms with Crippen LogP contribution in [0.25, 0.3) is 11.3 Å². The summed E-state index contributed by atoms with van der Waals surface area (Å²) in [7, 11) is -2.26. The molecule has 0 saturated heterocycles. The monoisotopic (exact) mass is 433 g/mol. The summed E-state index contributed by atoms with van der Waals surface area (Å²) >= 11 is 5.88. The van der Waals surface area contributed by atoms with Crippen molar-refractivity contribution in [3.8, 4) is 11.3 Å². The molecule has 0 aliphatic carbocycles.